The number of nitrogens with zero attached hydrogens (tertiary/aromatic N) is 2. The Balaban J connectivity index is 1.48. The van der Waals surface area contributed by atoms with Crippen LogP contribution in [0.5, 0.6) is 0 Å². The van der Waals surface area contributed by atoms with Gasteiger partial charge in [-0.3, -0.25) is 0 Å². The van der Waals surface area contributed by atoms with E-state index in [0.29, 0.717) is 11.3 Å². The third-order valence-electron chi connectivity index (χ3n) is 4.61. The van der Waals surface area contributed by atoms with Crippen LogP contribution in [0.1, 0.15) is 55.8 Å². The second kappa shape index (κ2) is 6.19. The predicted octanol–water partition coefficient (Wildman–Crippen LogP) is 2.65. The lowest BCUT2D eigenvalue weighted by atomic mass is 9.87. The van der Waals surface area contributed by atoms with E-state index in [1.165, 1.54) is 44.1 Å². The van der Waals surface area contributed by atoms with Gasteiger partial charge in [-0.1, -0.05) is 12.8 Å². The summed E-state index contributed by atoms with van der Waals surface area (Å²) in [6.07, 6.45) is 11.7. The Morgan fingerprint density at radius 1 is 1.25 bits per heavy atom. The molecule has 1 heterocycles. The van der Waals surface area contributed by atoms with Gasteiger partial charge in [-0.25, -0.2) is 9.97 Å². The van der Waals surface area contributed by atoms with Gasteiger partial charge in [0.2, 0.25) is 0 Å². The van der Waals surface area contributed by atoms with Crippen molar-refractivity contribution in [3.8, 4) is 0 Å². The largest absolute Gasteiger partial charge is 0.384 e. The van der Waals surface area contributed by atoms with Crippen LogP contribution < -0.4 is 5.32 Å². The van der Waals surface area contributed by atoms with Gasteiger partial charge in [-0.2, -0.15) is 0 Å². The van der Waals surface area contributed by atoms with Gasteiger partial charge in [-0.15, -0.1) is 0 Å². The molecule has 0 aromatic carbocycles. The maximum atomic E-state index is 5.42. The molecule has 0 saturated heterocycles. The first-order valence-electron chi connectivity index (χ1n) is 7.82. The fraction of sp³-hybridized carbons (Fsp3) is 0.750. The highest BCUT2D eigenvalue weighted by Gasteiger charge is 2.33. The molecule has 0 bridgehead atoms. The smallest absolute Gasteiger partial charge is 0.131 e. The molecule has 4 heteroatoms. The molecule has 2 aliphatic carbocycles. The third-order valence-corrected chi connectivity index (χ3v) is 4.61. The SMILES string of the molecule is COCC1(CNCc2cnc(C3CC3)nc2)CCCC1. The van der Waals surface area contributed by atoms with Crippen molar-refractivity contribution in [1.29, 1.82) is 0 Å². The van der Waals surface area contributed by atoms with E-state index in [0.717, 1.165) is 25.5 Å². The number of aromatic nitrogens is 2. The lowest BCUT2D eigenvalue weighted by molar-refractivity contribution is 0.0824. The van der Waals surface area contributed by atoms with Crippen LogP contribution in [0, 0.1) is 5.41 Å². The molecule has 0 aliphatic heterocycles. The second-order valence-electron chi connectivity index (χ2n) is 6.47. The zero-order valence-electron chi connectivity index (χ0n) is 12.4. The molecular formula is C16H25N3O. The molecule has 1 aromatic heterocycles. The van der Waals surface area contributed by atoms with Crippen LogP contribution in [-0.2, 0) is 11.3 Å². The topological polar surface area (TPSA) is 47.0 Å². The van der Waals surface area contributed by atoms with Crippen molar-refractivity contribution in [2.75, 3.05) is 20.3 Å². The summed E-state index contributed by atoms with van der Waals surface area (Å²) in [6.45, 7) is 2.76. The molecule has 2 fully saturated rings. The van der Waals surface area contributed by atoms with E-state index in [4.69, 9.17) is 4.74 Å². The summed E-state index contributed by atoms with van der Waals surface area (Å²) < 4.78 is 5.42. The summed E-state index contributed by atoms with van der Waals surface area (Å²) in [5.41, 5.74) is 1.53. The first-order chi connectivity index (χ1) is 9.81. The van der Waals surface area contributed by atoms with E-state index < -0.39 is 0 Å². The number of hydrogen-bond acceptors (Lipinski definition) is 4. The molecule has 0 spiro atoms. The molecule has 0 radical (unpaired) electrons. The van der Waals surface area contributed by atoms with E-state index in [1.807, 2.05) is 19.5 Å². The van der Waals surface area contributed by atoms with Gasteiger partial charge < -0.3 is 10.1 Å². The number of ether oxygens (including phenoxy) is 1. The van der Waals surface area contributed by atoms with Crippen molar-refractivity contribution in [2.24, 2.45) is 5.41 Å². The Bertz CT molecular complexity index is 422. The van der Waals surface area contributed by atoms with Crippen molar-refractivity contribution >= 4 is 0 Å². The molecule has 4 nitrogen and oxygen atoms in total. The summed E-state index contributed by atoms with van der Waals surface area (Å²) in [7, 11) is 1.81. The molecular weight excluding hydrogens is 250 g/mol. The van der Waals surface area contributed by atoms with E-state index in [9.17, 15) is 0 Å². The average molecular weight is 275 g/mol. The Morgan fingerprint density at radius 3 is 2.55 bits per heavy atom. The van der Waals surface area contributed by atoms with Crippen molar-refractivity contribution in [1.82, 2.24) is 15.3 Å². The van der Waals surface area contributed by atoms with Crippen molar-refractivity contribution in [3.63, 3.8) is 0 Å². The molecule has 2 aliphatic rings. The van der Waals surface area contributed by atoms with Gasteiger partial charge in [0.05, 0.1) is 6.61 Å². The minimum absolute atomic E-state index is 0.351. The predicted molar refractivity (Wildman–Crippen MR) is 78.5 cm³/mol. The van der Waals surface area contributed by atoms with Crippen molar-refractivity contribution in [2.45, 2.75) is 51.0 Å². The Kier molecular flexibility index (Phi) is 4.32. The van der Waals surface area contributed by atoms with E-state index in [-0.39, 0.29) is 0 Å². The molecule has 3 rings (SSSR count). The summed E-state index contributed by atoms with van der Waals surface area (Å²) in [4.78, 5) is 8.94. The minimum Gasteiger partial charge on any atom is -0.384 e. The van der Waals surface area contributed by atoms with Gasteiger partial charge in [0.25, 0.3) is 0 Å². The highest BCUT2D eigenvalue weighted by Crippen LogP contribution is 2.38. The summed E-state index contributed by atoms with van der Waals surface area (Å²) in [5, 5.41) is 3.57. The van der Waals surface area contributed by atoms with Gasteiger partial charge in [0.15, 0.2) is 0 Å². The van der Waals surface area contributed by atoms with E-state index >= 15 is 0 Å². The summed E-state index contributed by atoms with van der Waals surface area (Å²) >= 11 is 0. The molecule has 2 saturated carbocycles. The first-order valence-corrected chi connectivity index (χ1v) is 7.82. The second-order valence-corrected chi connectivity index (χ2v) is 6.47. The molecule has 0 atom stereocenters. The first kappa shape index (κ1) is 14.0. The van der Waals surface area contributed by atoms with Crippen LogP contribution >= 0.6 is 0 Å². The third kappa shape index (κ3) is 3.36. The van der Waals surface area contributed by atoms with Crippen LogP contribution in [-0.4, -0.2) is 30.2 Å². The Hall–Kier alpha value is -1.00. The number of rotatable bonds is 7. The van der Waals surface area contributed by atoms with Gasteiger partial charge in [0.1, 0.15) is 5.82 Å². The number of methoxy groups -OCH3 is 1. The van der Waals surface area contributed by atoms with Crippen LogP contribution in [0.15, 0.2) is 12.4 Å². The average Bonchev–Trinajstić information content (AvgIpc) is 3.22. The highest BCUT2D eigenvalue weighted by molar-refractivity contribution is 5.10. The summed E-state index contributed by atoms with van der Waals surface area (Å²) in [6, 6.07) is 0. The monoisotopic (exact) mass is 275 g/mol. The fourth-order valence-electron chi connectivity index (χ4n) is 3.28. The number of hydrogen-bond donors (Lipinski definition) is 1. The zero-order chi connectivity index (χ0) is 13.8. The Labute approximate surface area is 121 Å². The van der Waals surface area contributed by atoms with Crippen LogP contribution in [0.4, 0.5) is 0 Å². The highest BCUT2D eigenvalue weighted by atomic mass is 16.5. The Morgan fingerprint density at radius 2 is 1.95 bits per heavy atom. The zero-order valence-corrected chi connectivity index (χ0v) is 12.4. The molecule has 110 valence electrons. The number of nitrogens with one attached hydrogen (secondary N) is 1. The maximum absolute atomic E-state index is 5.42. The quantitative estimate of drug-likeness (QED) is 0.831. The van der Waals surface area contributed by atoms with Crippen LogP contribution in [0.25, 0.3) is 0 Å². The molecule has 20 heavy (non-hydrogen) atoms. The summed E-state index contributed by atoms with van der Waals surface area (Å²) in [5.74, 6) is 1.67. The van der Waals surface area contributed by atoms with Crippen LogP contribution in [0.3, 0.4) is 0 Å². The van der Waals surface area contributed by atoms with Crippen molar-refractivity contribution in [3.05, 3.63) is 23.8 Å². The molecule has 1 N–H and O–H groups in total. The van der Waals surface area contributed by atoms with Gasteiger partial charge in [-0.05, 0) is 25.7 Å². The van der Waals surface area contributed by atoms with E-state index in [1.54, 1.807) is 0 Å². The standard InChI is InChI=1S/C16H25N3O/c1-20-12-16(6-2-3-7-16)11-17-8-13-9-18-15(19-10-13)14-4-5-14/h9-10,14,17H,2-8,11-12H2,1H3. The van der Waals surface area contributed by atoms with Gasteiger partial charge in [0, 0.05) is 49.5 Å². The van der Waals surface area contributed by atoms with Crippen LogP contribution in [0.2, 0.25) is 0 Å². The fourth-order valence-corrected chi connectivity index (χ4v) is 3.28. The lowest BCUT2D eigenvalue weighted by Gasteiger charge is -2.28. The molecule has 0 amide bonds. The van der Waals surface area contributed by atoms with E-state index in [2.05, 4.69) is 15.3 Å². The molecule has 1 aromatic rings. The van der Waals surface area contributed by atoms with Crippen molar-refractivity contribution < 1.29 is 4.74 Å². The van der Waals surface area contributed by atoms with Gasteiger partial charge >= 0.3 is 0 Å². The maximum Gasteiger partial charge on any atom is 0.131 e. The molecule has 0 unspecified atom stereocenters. The minimum atomic E-state index is 0.351. The normalized spacial score (nSPS) is 21.2. The lowest BCUT2D eigenvalue weighted by Crippen LogP contribution is -2.35.